The van der Waals surface area contributed by atoms with Crippen molar-refractivity contribution in [3.05, 3.63) is 33.8 Å². The topological polar surface area (TPSA) is 44.4 Å². The van der Waals surface area contributed by atoms with Crippen molar-refractivity contribution >= 4 is 21.8 Å². The molecule has 0 aliphatic carbocycles. The fraction of sp³-hybridized carbons (Fsp3) is 0.533. The Kier molecular flexibility index (Phi) is 6.01. The first kappa shape index (κ1) is 15.5. The van der Waals surface area contributed by atoms with Crippen LogP contribution in [0.5, 0.6) is 0 Å². The highest BCUT2D eigenvalue weighted by atomic mass is 79.9. The van der Waals surface area contributed by atoms with Crippen LogP contribution in [0, 0.1) is 6.92 Å². The summed E-state index contributed by atoms with van der Waals surface area (Å²) in [6.07, 6.45) is 1.00. The molecule has 0 aromatic heterocycles. The highest BCUT2D eigenvalue weighted by Crippen LogP contribution is 2.15. The molecule has 0 spiro atoms. The standard InChI is InChI=1S/C15H22BrN3O/c1-12-11-13(16)3-4-14(12)15(20)18-5-2-8-19-9-6-17-7-10-19/h3-4,11,17H,2,5-10H2,1H3,(H,18,20). The molecule has 0 saturated carbocycles. The van der Waals surface area contributed by atoms with Gasteiger partial charge in [0.15, 0.2) is 0 Å². The summed E-state index contributed by atoms with van der Waals surface area (Å²) in [4.78, 5) is 14.5. The summed E-state index contributed by atoms with van der Waals surface area (Å²) < 4.78 is 1.00. The van der Waals surface area contributed by atoms with Crippen LogP contribution < -0.4 is 10.6 Å². The lowest BCUT2D eigenvalue weighted by Crippen LogP contribution is -2.44. The van der Waals surface area contributed by atoms with Crippen LogP contribution >= 0.6 is 15.9 Å². The van der Waals surface area contributed by atoms with Crippen LogP contribution in [0.3, 0.4) is 0 Å². The molecule has 20 heavy (non-hydrogen) atoms. The van der Waals surface area contributed by atoms with Crippen molar-refractivity contribution in [2.45, 2.75) is 13.3 Å². The molecule has 1 amide bonds. The number of carbonyl (C=O) groups excluding carboxylic acids is 1. The number of nitrogens with one attached hydrogen (secondary N) is 2. The largest absolute Gasteiger partial charge is 0.352 e. The molecule has 1 saturated heterocycles. The summed E-state index contributed by atoms with van der Waals surface area (Å²) in [5, 5.41) is 6.34. The summed E-state index contributed by atoms with van der Waals surface area (Å²) in [6.45, 7) is 8.12. The molecular formula is C15H22BrN3O. The van der Waals surface area contributed by atoms with E-state index < -0.39 is 0 Å². The summed E-state index contributed by atoms with van der Waals surface area (Å²) in [5.41, 5.74) is 1.76. The van der Waals surface area contributed by atoms with Gasteiger partial charge >= 0.3 is 0 Å². The SMILES string of the molecule is Cc1cc(Br)ccc1C(=O)NCCCN1CCNCC1. The van der Waals surface area contributed by atoms with Crippen LogP contribution in [-0.2, 0) is 0 Å². The molecule has 5 heteroatoms. The van der Waals surface area contributed by atoms with Gasteiger partial charge in [0.25, 0.3) is 5.91 Å². The molecule has 1 aliphatic rings. The zero-order chi connectivity index (χ0) is 14.4. The number of hydrogen-bond donors (Lipinski definition) is 2. The second-order valence-electron chi connectivity index (χ2n) is 5.16. The summed E-state index contributed by atoms with van der Waals surface area (Å²) >= 11 is 3.41. The van der Waals surface area contributed by atoms with E-state index in [9.17, 15) is 4.79 Å². The van der Waals surface area contributed by atoms with Gasteiger partial charge in [0.2, 0.25) is 0 Å². The van der Waals surface area contributed by atoms with Crippen molar-refractivity contribution in [2.24, 2.45) is 0 Å². The molecule has 0 atom stereocenters. The predicted octanol–water partition coefficient (Wildman–Crippen LogP) is 1.78. The van der Waals surface area contributed by atoms with Crippen molar-refractivity contribution in [3.63, 3.8) is 0 Å². The lowest BCUT2D eigenvalue weighted by Gasteiger charge is -2.27. The third kappa shape index (κ3) is 4.58. The minimum Gasteiger partial charge on any atom is -0.352 e. The van der Waals surface area contributed by atoms with E-state index >= 15 is 0 Å². The zero-order valence-electron chi connectivity index (χ0n) is 11.9. The number of nitrogens with zero attached hydrogens (tertiary/aromatic N) is 1. The Bertz CT molecular complexity index is 458. The third-order valence-corrected chi connectivity index (χ3v) is 4.07. The minimum atomic E-state index is 0.0234. The summed E-state index contributed by atoms with van der Waals surface area (Å²) in [7, 11) is 0. The first-order valence-corrected chi connectivity index (χ1v) is 7.93. The van der Waals surface area contributed by atoms with E-state index in [4.69, 9.17) is 0 Å². The minimum absolute atomic E-state index is 0.0234. The summed E-state index contributed by atoms with van der Waals surface area (Å²) in [5.74, 6) is 0.0234. The van der Waals surface area contributed by atoms with Gasteiger partial charge in [-0.25, -0.2) is 0 Å². The smallest absolute Gasteiger partial charge is 0.251 e. The Hall–Kier alpha value is -0.910. The monoisotopic (exact) mass is 339 g/mol. The number of amides is 1. The molecule has 4 nitrogen and oxygen atoms in total. The van der Waals surface area contributed by atoms with Gasteiger partial charge in [0.05, 0.1) is 0 Å². The molecule has 2 N–H and O–H groups in total. The van der Waals surface area contributed by atoms with Crippen molar-refractivity contribution in [1.82, 2.24) is 15.5 Å². The molecule has 1 aliphatic heterocycles. The van der Waals surface area contributed by atoms with E-state index in [1.54, 1.807) is 0 Å². The van der Waals surface area contributed by atoms with Crippen LogP contribution in [0.4, 0.5) is 0 Å². The van der Waals surface area contributed by atoms with E-state index in [1.807, 2.05) is 25.1 Å². The van der Waals surface area contributed by atoms with Gasteiger partial charge in [-0.15, -0.1) is 0 Å². The highest BCUT2D eigenvalue weighted by molar-refractivity contribution is 9.10. The van der Waals surface area contributed by atoms with Gasteiger partial charge in [-0.1, -0.05) is 15.9 Å². The van der Waals surface area contributed by atoms with E-state index in [1.165, 1.54) is 0 Å². The second-order valence-corrected chi connectivity index (χ2v) is 6.08. The van der Waals surface area contributed by atoms with Crippen LogP contribution in [0.1, 0.15) is 22.3 Å². The molecule has 2 rings (SSSR count). The van der Waals surface area contributed by atoms with Gasteiger partial charge in [-0.2, -0.15) is 0 Å². The van der Waals surface area contributed by atoms with Crippen molar-refractivity contribution in [1.29, 1.82) is 0 Å². The Balaban J connectivity index is 1.72. The molecule has 1 aromatic carbocycles. The summed E-state index contributed by atoms with van der Waals surface area (Å²) in [6, 6.07) is 5.74. The number of piperazine rings is 1. The molecule has 0 radical (unpaired) electrons. The maximum Gasteiger partial charge on any atom is 0.251 e. The number of benzene rings is 1. The average Bonchev–Trinajstić information content (AvgIpc) is 2.44. The number of hydrogen-bond acceptors (Lipinski definition) is 3. The zero-order valence-corrected chi connectivity index (χ0v) is 13.5. The number of aryl methyl sites for hydroxylation is 1. The maximum absolute atomic E-state index is 12.1. The highest BCUT2D eigenvalue weighted by Gasteiger charge is 2.10. The fourth-order valence-electron chi connectivity index (χ4n) is 2.42. The van der Waals surface area contributed by atoms with Gasteiger partial charge in [0.1, 0.15) is 0 Å². The van der Waals surface area contributed by atoms with E-state index in [0.717, 1.165) is 61.3 Å². The number of carbonyl (C=O) groups is 1. The molecule has 0 bridgehead atoms. The van der Waals surface area contributed by atoms with Crippen molar-refractivity contribution < 1.29 is 4.79 Å². The fourth-order valence-corrected chi connectivity index (χ4v) is 2.89. The van der Waals surface area contributed by atoms with E-state index in [0.29, 0.717) is 0 Å². The Morgan fingerprint density at radius 3 is 2.85 bits per heavy atom. The first-order valence-electron chi connectivity index (χ1n) is 7.14. The Morgan fingerprint density at radius 2 is 2.15 bits per heavy atom. The van der Waals surface area contributed by atoms with Gasteiger partial charge < -0.3 is 15.5 Å². The van der Waals surface area contributed by atoms with Gasteiger partial charge in [-0.05, 0) is 43.7 Å². The van der Waals surface area contributed by atoms with Crippen molar-refractivity contribution in [3.8, 4) is 0 Å². The normalized spacial score (nSPS) is 16.1. The molecule has 110 valence electrons. The van der Waals surface area contributed by atoms with Gasteiger partial charge in [0, 0.05) is 42.8 Å². The van der Waals surface area contributed by atoms with E-state index in [-0.39, 0.29) is 5.91 Å². The lowest BCUT2D eigenvalue weighted by atomic mass is 10.1. The van der Waals surface area contributed by atoms with Crippen LogP contribution in [0.2, 0.25) is 0 Å². The van der Waals surface area contributed by atoms with Crippen LogP contribution in [0.25, 0.3) is 0 Å². The lowest BCUT2D eigenvalue weighted by molar-refractivity contribution is 0.0950. The number of rotatable bonds is 5. The Labute approximate surface area is 129 Å². The molecule has 1 heterocycles. The molecular weight excluding hydrogens is 318 g/mol. The van der Waals surface area contributed by atoms with E-state index in [2.05, 4.69) is 31.5 Å². The van der Waals surface area contributed by atoms with Crippen LogP contribution in [-0.4, -0.2) is 50.1 Å². The Morgan fingerprint density at radius 1 is 1.40 bits per heavy atom. The maximum atomic E-state index is 12.1. The first-order chi connectivity index (χ1) is 9.66. The molecule has 1 aromatic rings. The van der Waals surface area contributed by atoms with Gasteiger partial charge in [-0.3, -0.25) is 4.79 Å². The van der Waals surface area contributed by atoms with Crippen LogP contribution in [0.15, 0.2) is 22.7 Å². The third-order valence-electron chi connectivity index (χ3n) is 3.58. The number of halogens is 1. The average molecular weight is 340 g/mol. The molecule has 1 fully saturated rings. The second kappa shape index (κ2) is 7.76. The quantitative estimate of drug-likeness (QED) is 0.804. The molecule has 0 unspecified atom stereocenters. The van der Waals surface area contributed by atoms with Crippen molar-refractivity contribution in [2.75, 3.05) is 39.3 Å². The predicted molar refractivity (Wildman–Crippen MR) is 85.1 cm³/mol.